The van der Waals surface area contributed by atoms with Gasteiger partial charge in [0.15, 0.2) is 0 Å². The zero-order valence-electron chi connectivity index (χ0n) is 11.3. The molecule has 3 N–H and O–H groups in total. The molecule has 0 radical (unpaired) electrons. The summed E-state index contributed by atoms with van der Waals surface area (Å²) in [7, 11) is -3.73. The highest BCUT2D eigenvalue weighted by Gasteiger charge is 2.19. The second-order valence-corrected chi connectivity index (χ2v) is 6.51. The number of aliphatic carboxylic acids is 1. The Bertz CT molecular complexity index is 750. The second-order valence-electron chi connectivity index (χ2n) is 4.66. The first-order chi connectivity index (χ1) is 9.80. The number of carbonyl (C=O) groups is 1. The average Bonchev–Trinajstić information content (AvgIpc) is 2.88. The van der Waals surface area contributed by atoms with Gasteiger partial charge in [0.25, 0.3) is 10.0 Å². The third kappa shape index (κ3) is 3.29. The van der Waals surface area contributed by atoms with Crippen molar-refractivity contribution < 1.29 is 18.3 Å². The standard InChI is InChI=1S/C13H15N3O4S/c1-9-2-4-11(5-3-9)21(19,20)16-7-10(15-8-16)6-12(14)13(17)18/h2-5,7-8,12H,6,14H2,1H3,(H,17,18). The lowest BCUT2D eigenvalue weighted by Crippen LogP contribution is -2.32. The minimum atomic E-state index is -3.73. The predicted octanol–water partition coefficient (Wildman–Crippen LogP) is 0.383. The van der Waals surface area contributed by atoms with Crippen molar-refractivity contribution in [1.82, 2.24) is 8.96 Å². The van der Waals surface area contributed by atoms with Gasteiger partial charge in [0.05, 0.1) is 10.6 Å². The molecule has 0 saturated carbocycles. The summed E-state index contributed by atoms with van der Waals surface area (Å²) >= 11 is 0. The van der Waals surface area contributed by atoms with Gasteiger partial charge in [-0.25, -0.2) is 17.4 Å². The first-order valence-corrected chi connectivity index (χ1v) is 7.58. The summed E-state index contributed by atoms with van der Waals surface area (Å²) in [6.07, 6.45) is 2.38. The van der Waals surface area contributed by atoms with Crippen LogP contribution in [0.2, 0.25) is 0 Å². The largest absolute Gasteiger partial charge is 0.480 e. The molecule has 0 amide bonds. The first-order valence-electron chi connectivity index (χ1n) is 6.14. The number of carboxylic acid groups (broad SMARTS) is 1. The van der Waals surface area contributed by atoms with E-state index in [4.69, 9.17) is 10.8 Å². The van der Waals surface area contributed by atoms with E-state index in [1.54, 1.807) is 12.1 Å². The number of benzene rings is 1. The Morgan fingerprint density at radius 1 is 1.38 bits per heavy atom. The van der Waals surface area contributed by atoms with Crippen molar-refractivity contribution in [2.45, 2.75) is 24.3 Å². The van der Waals surface area contributed by atoms with Crippen molar-refractivity contribution in [3.63, 3.8) is 0 Å². The lowest BCUT2D eigenvalue weighted by atomic mass is 10.2. The van der Waals surface area contributed by atoms with Crippen LogP contribution in [0.5, 0.6) is 0 Å². The number of hydrogen-bond acceptors (Lipinski definition) is 5. The van der Waals surface area contributed by atoms with E-state index in [0.717, 1.165) is 15.9 Å². The Labute approximate surface area is 122 Å². The molecule has 7 nitrogen and oxygen atoms in total. The Kier molecular flexibility index (Phi) is 4.10. The summed E-state index contributed by atoms with van der Waals surface area (Å²) in [6, 6.07) is 5.30. The highest BCUT2D eigenvalue weighted by molar-refractivity contribution is 7.90. The molecule has 112 valence electrons. The molecule has 0 aliphatic carbocycles. The van der Waals surface area contributed by atoms with Crippen molar-refractivity contribution in [2.24, 2.45) is 5.73 Å². The van der Waals surface area contributed by atoms with E-state index in [0.29, 0.717) is 5.69 Å². The van der Waals surface area contributed by atoms with E-state index in [2.05, 4.69) is 4.98 Å². The van der Waals surface area contributed by atoms with Gasteiger partial charge in [-0.05, 0) is 19.1 Å². The zero-order valence-corrected chi connectivity index (χ0v) is 12.1. The van der Waals surface area contributed by atoms with Crippen LogP contribution in [0.1, 0.15) is 11.3 Å². The summed E-state index contributed by atoms with van der Waals surface area (Å²) in [6.45, 7) is 1.86. The Morgan fingerprint density at radius 3 is 2.57 bits per heavy atom. The molecule has 1 atom stereocenters. The van der Waals surface area contributed by atoms with Gasteiger partial charge in [0, 0.05) is 12.6 Å². The van der Waals surface area contributed by atoms with Crippen molar-refractivity contribution in [3.8, 4) is 0 Å². The molecule has 1 aromatic carbocycles. The number of nitrogens with zero attached hydrogens (tertiary/aromatic N) is 2. The number of rotatable bonds is 5. The lowest BCUT2D eigenvalue weighted by molar-refractivity contribution is -0.138. The number of aryl methyl sites for hydroxylation is 1. The fourth-order valence-corrected chi connectivity index (χ4v) is 2.88. The van der Waals surface area contributed by atoms with Crippen LogP contribution in [0.3, 0.4) is 0 Å². The normalized spacial score (nSPS) is 13.0. The van der Waals surface area contributed by atoms with Gasteiger partial charge in [-0.3, -0.25) is 4.79 Å². The maximum Gasteiger partial charge on any atom is 0.320 e. The van der Waals surface area contributed by atoms with Crippen LogP contribution < -0.4 is 5.73 Å². The topological polar surface area (TPSA) is 115 Å². The third-order valence-electron chi connectivity index (χ3n) is 2.96. The zero-order chi connectivity index (χ0) is 15.6. The molecule has 0 saturated heterocycles. The van der Waals surface area contributed by atoms with Crippen LogP contribution in [-0.4, -0.2) is 34.5 Å². The van der Waals surface area contributed by atoms with Crippen molar-refractivity contribution in [2.75, 3.05) is 0 Å². The van der Waals surface area contributed by atoms with Crippen molar-refractivity contribution in [3.05, 3.63) is 48.0 Å². The summed E-state index contributed by atoms with van der Waals surface area (Å²) < 4.78 is 25.7. The molecule has 0 bridgehead atoms. The number of carboxylic acids is 1. The SMILES string of the molecule is Cc1ccc(S(=O)(=O)n2cnc(CC(N)C(=O)O)c2)cc1. The third-order valence-corrected chi connectivity index (χ3v) is 4.58. The molecule has 0 aliphatic heterocycles. The molecule has 1 heterocycles. The minimum absolute atomic E-state index is 0.0360. The number of aromatic nitrogens is 2. The molecule has 0 fully saturated rings. The van der Waals surface area contributed by atoms with E-state index >= 15 is 0 Å². The number of hydrogen-bond donors (Lipinski definition) is 2. The van der Waals surface area contributed by atoms with E-state index < -0.39 is 22.0 Å². The van der Waals surface area contributed by atoms with E-state index in [1.165, 1.54) is 18.3 Å². The summed E-state index contributed by atoms with van der Waals surface area (Å²) in [4.78, 5) is 14.7. The minimum Gasteiger partial charge on any atom is -0.480 e. The molecule has 8 heteroatoms. The number of nitrogens with two attached hydrogens (primary N) is 1. The molecule has 0 aliphatic rings. The molecule has 0 spiro atoms. The van der Waals surface area contributed by atoms with Gasteiger partial charge < -0.3 is 10.8 Å². The van der Waals surface area contributed by atoms with Crippen molar-refractivity contribution >= 4 is 16.0 Å². The van der Waals surface area contributed by atoms with Crippen LogP contribution in [0.4, 0.5) is 0 Å². The molecule has 21 heavy (non-hydrogen) atoms. The van der Waals surface area contributed by atoms with Crippen LogP contribution in [-0.2, 0) is 21.2 Å². The monoisotopic (exact) mass is 309 g/mol. The quantitative estimate of drug-likeness (QED) is 0.825. The van der Waals surface area contributed by atoms with Crippen LogP contribution in [0, 0.1) is 6.92 Å². The van der Waals surface area contributed by atoms with Gasteiger partial charge in [-0.15, -0.1) is 0 Å². The first kappa shape index (κ1) is 15.2. The van der Waals surface area contributed by atoms with Crippen LogP contribution in [0.25, 0.3) is 0 Å². The molecular formula is C13H15N3O4S. The highest BCUT2D eigenvalue weighted by atomic mass is 32.2. The predicted molar refractivity (Wildman–Crippen MR) is 75.3 cm³/mol. The van der Waals surface area contributed by atoms with E-state index in [1.807, 2.05) is 6.92 Å². The summed E-state index contributed by atoms with van der Waals surface area (Å²) in [5, 5.41) is 8.74. The maximum absolute atomic E-state index is 12.4. The van der Waals surface area contributed by atoms with Gasteiger partial charge in [-0.1, -0.05) is 17.7 Å². The van der Waals surface area contributed by atoms with Crippen LogP contribution >= 0.6 is 0 Å². The molecule has 2 rings (SSSR count). The molecule has 1 aromatic heterocycles. The van der Waals surface area contributed by atoms with Gasteiger partial charge >= 0.3 is 5.97 Å². The average molecular weight is 309 g/mol. The maximum atomic E-state index is 12.4. The second kappa shape index (κ2) is 5.66. The smallest absolute Gasteiger partial charge is 0.320 e. The van der Waals surface area contributed by atoms with Crippen LogP contribution in [0.15, 0.2) is 41.7 Å². The Balaban J connectivity index is 2.28. The lowest BCUT2D eigenvalue weighted by Gasteiger charge is -2.05. The van der Waals surface area contributed by atoms with E-state index in [9.17, 15) is 13.2 Å². The molecular weight excluding hydrogens is 294 g/mol. The Hall–Kier alpha value is -2.19. The summed E-state index contributed by atoms with van der Waals surface area (Å²) in [5.41, 5.74) is 6.65. The van der Waals surface area contributed by atoms with Gasteiger partial charge in [0.1, 0.15) is 12.4 Å². The molecule has 1 unspecified atom stereocenters. The Morgan fingerprint density at radius 2 is 2.00 bits per heavy atom. The van der Waals surface area contributed by atoms with Gasteiger partial charge in [0.2, 0.25) is 0 Å². The fourth-order valence-electron chi connectivity index (χ4n) is 1.73. The molecule has 2 aromatic rings. The number of imidazole rings is 1. The van der Waals surface area contributed by atoms with Gasteiger partial charge in [-0.2, -0.15) is 0 Å². The summed E-state index contributed by atoms with van der Waals surface area (Å²) in [5.74, 6) is -1.16. The fraction of sp³-hybridized carbons (Fsp3) is 0.231. The van der Waals surface area contributed by atoms with E-state index in [-0.39, 0.29) is 11.3 Å². The highest BCUT2D eigenvalue weighted by Crippen LogP contribution is 2.15. The van der Waals surface area contributed by atoms with Crippen molar-refractivity contribution in [1.29, 1.82) is 0 Å².